The molecule has 4 rings (SSSR count). The number of nitrogens with one attached hydrogen (secondary N) is 1. The number of amides is 4. The van der Waals surface area contributed by atoms with Gasteiger partial charge in [0.25, 0.3) is 0 Å². The summed E-state index contributed by atoms with van der Waals surface area (Å²) in [6.07, 6.45) is -0.772. The number of hydrogen-bond acceptors (Lipinski definition) is 8. The Balaban J connectivity index is 1.35. The molecule has 1 N–H and O–H groups in total. The van der Waals surface area contributed by atoms with Crippen LogP contribution in [0.4, 0.5) is 19.9 Å². The maximum Gasteiger partial charge on any atom is 0.414 e. The van der Waals surface area contributed by atoms with E-state index in [-0.39, 0.29) is 55.0 Å². The number of anilines is 1. The molecule has 0 spiro atoms. The Hall–Kier alpha value is -4.65. The molecule has 2 aromatic carbocycles. The summed E-state index contributed by atoms with van der Waals surface area (Å²) in [5.41, 5.74) is 1.20. The van der Waals surface area contributed by atoms with Crippen molar-refractivity contribution in [2.24, 2.45) is 0 Å². The zero-order valence-corrected chi connectivity index (χ0v) is 28.3. The molecular formula is C34H41ClFN5O7. The lowest BCUT2D eigenvalue weighted by Crippen LogP contribution is -2.51. The van der Waals surface area contributed by atoms with Crippen LogP contribution in [0.3, 0.4) is 0 Å². The Morgan fingerprint density at radius 1 is 1.02 bits per heavy atom. The van der Waals surface area contributed by atoms with Gasteiger partial charge in [0, 0.05) is 57.7 Å². The lowest BCUT2D eigenvalue weighted by Gasteiger charge is -2.36. The summed E-state index contributed by atoms with van der Waals surface area (Å²) < 4.78 is 30.0. The van der Waals surface area contributed by atoms with E-state index in [1.165, 1.54) is 17.0 Å². The van der Waals surface area contributed by atoms with Crippen LogP contribution in [0, 0.1) is 5.82 Å². The summed E-state index contributed by atoms with van der Waals surface area (Å²) in [6, 6.07) is 14.6. The summed E-state index contributed by atoms with van der Waals surface area (Å²) in [4.78, 5) is 56.2. The van der Waals surface area contributed by atoms with Gasteiger partial charge in [-0.3, -0.25) is 14.9 Å². The summed E-state index contributed by atoms with van der Waals surface area (Å²) in [7, 11) is 1.56. The van der Waals surface area contributed by atoms with E-state index in [9.17, 15) is 23.6 Å². The number of benzene rings is 2. The molecule has 1 fully saturated rings. The molecule has 0 saturated carbocycles. The van der Waals surface area contributed by atoms with Crippen LogP contribution < -0.4 is 5.32 Å². The van der Waals surface area contributed by atoms with Gasteiger partial charge in [0.15, 0.2) is 0 Å². The van der Waals surface area contributed by atoms with Crippen molar-refractivity contribution in [3.63, 3.8) is 0 Å². The van der Waals surface area contributed by atoms with Crippen LogP contribution in [0.1, 0.15) is 45.6 Å². The average molecular weight is 686 g/mol. The topological polar surface area (TPSA) is 135 Å². The summed E-state index contributed by atoms with van der Waals surface area (Å²) in [5.74, 6) is -0.950. The second-order valence-corrected chi connectivity index (χ2v) is 12.8. The van der Waals surface area contributed by atoms with E-state index >= 15 is 0 Å². The molecule has 1 atom stereocenters. The summed E-state index contributed by atoms with van der Waals surface area (Å²) in [6.45, 7) is 6.52. The van der Waals surface area contributed by atoms with Crippen LogP contribution in [-0.2, 0) is 25.5 Å². The van der Waals surface area contributed by atoms with Crippen molar-refractivity contribution in [3.8, 4) is 11.3 Å². The lowest BCUT2D eigenvalue weighted by molar-refractivity contribution is -0.136. The number of carbonyl (C=O) groups is 4. The molecule has 2 heterocycles. The van der Waals surface area contributed by atoms with Crippen LogP contribution in [0.15, 0.2) is 59.1 Å². The predicted octanol–water partition coefficient (Wildman–Crippen LogP) is 6.00. The van der Waals surface area contributed by atoms with E-state index in [0.717, 1.165) is 5.56 Å². The van der Waals surface area contributed by atoms with Gasteiger partial charge in [0.2, 0.25) is 17.7 Å². The minimum absolute atomic E-state index is 0.0171. The predicted molar refractivity (Wildman–Crippen MR) is 177 cm³/mol. The molecule has 3 aromatic rings. The van der Waals surface area contributed by atoms with E-state index in [0.29, 0.717) is 37.4 Å². The number of halogens is 2. The number of hydrogen-bond donors (Lipinski definition) is 1. The fourth-order valence-corrected chi connectivity index (χ4v) is 5.27. The first-order valence-corrected chi connectivity index (χ1v) is 16.1. The zero-order valence-electron chi connectivity index (χ0n) is 27.5. The van der Waals surface area contributed by atoms with Gasteiger partial charge in [-0.05, 0) is 45.2 Å². The smallest absolute Gasteiger partial charge is 0.414 e. The van der Waals surface area contributed by atoms with Crippen molar-refractivity contribution < 1.29 is 37.6 Å². The first-order valence-electron chi connectivity index (χ1n) is 15.7. The fraction of sp³-hybridized carbons (Fsp3) is 0.441. The molecule has 12 nitrogen and oxygen atoms in total. The third-order valence-electron chi connectivity index (χ3n) is 7.77. The molecule has 48 heavy (non-hydrogen) atoms. The number of ether oxygens (including phenoxy) is 2. The minimum atomic E-state index is -0.826. The van der Waals surface area contributed by atoms with Gasteiger partial charge in [-0.15, -0.1) is 0 Å². The van der Waals surface area contributed by atoms with Crippen molar-refractivity contribution in [2.75, 3.05) is 45.2 Å². The average Bonchev–Trinajstić information content (AvgIpc) is 3.53. The van der Waals surface area contributed by atoms with Gasteiger partial charge in [0.05, 0.1) is 11.1 Å². The van der Waals surface area contributed by atoms with Gasteiger partial charge in [-0.2, -0.15) is 0 Å². The maximum atomic E-state index is 13.9. The number of rotatable bonds is 11. The normalized spacial score (nSPS) is 13.9. The highest BCUT2D eigenvalue weighted by atomic mass is 35.5. The van der Waals surface area contributed by atoms with Crippen LogP contribution in [0.5, 0.6) is 0 Å². The lowest BCUT2D eigenvalue weighted by atomic mass is 10.1. The molecule has 1 saturated heterocycles. The highest BCUT2D eigenvalue weighted by Gasteiger charge is 2.29. The first kappa shape index (κ1) is 36.2. The largest absolute Gasteiger partial charge is 0.447 e. The number of carbonyl (C=O) groups excluding carboxylic acids is 4. The first-order chi connectivity index (χ1) is 22.8. The zero-order chi connectivity index (χ0) is 34.8. The summed E-state index contributed by atoms with van der Waals surface area (Å²) >= 11 is 6.07. The molecule has 0 unspecified atom stereocenters. The standard InChI is InChI=1S/C34H41ClFN5O7/c1-34(2,3)47-33(45)41-19-17-40(18-20-41)30(43)16-14-25(39(4)29(42)15-13-24-11-8-12-26(36)31(24)35)22-46-32(44)37-28-21-27(38-48-28)23-9-6-5-7-10-23/h5-12,21,25H,13-20,22H2,1-4H3,(H,37,44)/t25-/m0/s1. The fourth-order valence-electron chi connectivity index (χ4n) is 5.05. The van der Waals surface area contributed by atoms with Crippen molar-refractivity contribution in [1.29, 1.82) is 0 Å². The van der Waals surface area contributed by atoms with Gasteiger partial charge >= 0.3 is 12.2 Å². The summed E-state index contributed by atoms with van der Waals surface area (Å²) in [5, 5.41) is 6.42. The Morgan fingerprint density at radius 3 is 2.40 bits per heavy atom. The van der Waals surface area contributed by atoms with Crippen molar-refractivity contribution in [1.82, 2.24) is 19.9 Å². The maximum absolute atomic E-state index is 13.9. The molecule has 258 valence electrons. The molecule has 4 amide bonds. The third kappa shape index (κ3) is 10.4. The van der Waals surface area contributed by atoms with Crippen molar-refractivity contribution in [3.05, 3.63) is 71.0 Å². The van der Waals surface area contributed by atoms with Crippen LogP contribution in [0.25, 0.3) is 11.3 Å². The van der Waals surface area contributed by atoms with E-state index < -0.39 is 29.6 Å². The number of piperazine rings is 1. The van der Waals surface area contributed by atoms with Crippen molar-refractivity contribution >= 4 is 41.5 Å². The van der Waals surface area contributed by atoms with Crippen LogP contribution in [0.2, 0.25) is 5.02 Å². The molecule has 0 bridgehead atoms. The van der Waals surface area contributed by atoms with Gasteiger partial charge in [0.1, 0.15) is 23.7 Å². The molecular weight excluding hydrogens is 645 g/mol. The van der Waals surface area contributed by atoms with Gasteiger partial charge in [-0.1, -0.05) is 59.2 Å². The Bertz CT molecular complexity index is 1570. The third-order valence-corrected chi connectivity index (χ3v) is 8.19. The van der Waals surface area contributed by atoms with E-state index in [1.54, 1.807) is 49.8 Å². The second kappa shape index (κ2) is 16.4. The number of likely N-dealkylation sites (N-methyl/N-ethyl adjacent to an activating group) is 1. The van der Waals surface area contributed by atoms with E-state index in [2.05, 4.69) is 10.5 Å². The number of aryl methyl sites for hydroxylation is 1. The van der Waals surface area contributed by atoms with Crippen LogP contribution >= 0.6 is 11.6 Å². The second-order valence-electron chi connectivity index (χ2n) is 12.4. The molecule has 14 heteroatoms. The number of nitrogens with zero attached hydrogens (tertiary/aromatic N) is 4. The molecule has 1 aliphatic rings. The van der Waals surface area contributed by atoms with E-state index in [4.69, 9.17) is 25.6 Å². The Kier molecular flexibility index (Phi) is 12.4. The molecule has 0 aliphatic carbocycles. The SMILES string of the molecule is CN(C(=O)CCc1cccc(F)c1Cl)[C@@H](CCC(=O)N1CCN(C(=O)OC(C)(C)C)CC1)COC(=O)Nc1cc(-c2ccccc2)no1. The monoisotopic (exact) mass is 685 g/mol. The highest BCUT2D eigenvalue weighted by molar-refractivity contribution is 6.31. The quantitative estimate of drug-likeness (QED) is 0.260. The van der Waals surface area contributed by atoms with Crippen molar-refractivity contribution in [2.45, 2.75) is 58.1 Å². The molecule has 1 aliphatic heterocycles. The number of aromatic nitrogens is 1. The molecule has 1 aromatic heterocycles. The highest BCUT2D eigenvalue weighted by Crippen LogP contribution is 2.23. The Labute approximate surface area is 284 Å². The Morgan fingerprint density at radius 2 is 1.71 bits per heavy atom. The van der Waals surface area contributed by atoms with E-state index in [1.807, 2.05) is 30.3 Å². The van der Waals surface area contributed by atoms with Gasteiger partial charge in [-0.25, -0.2) is 14.0 Å². The minimum Gasteiger partial charge on any atom is -0.447 e. The molecule has 0 radical (unpaired) electrons. The van der Waals surface area contributed by atoms with Crippen LogP contribution in [-0.4, -0.2) is 95.3 Å². The van der Waals surface area contributed by atoms with Gasteiger partial charge < -0.3 is 28.7 Å².